The molecule has 30 heavy (non-hydrogen) atoms. The number of benzene rings is 2. The molecule has 2 amide bonds. The van der Waals surface area contributed by atoms with Gasteiger partial charge in [0.25, 0.3) is 5.91 Å². The van der Waals surface area contributed by atoms with E-state index in [1.54, 1.807) is 18.3 Å². The standard InChI is InChI=1S/C23H25N3O4/c1-16(27)26-13-12-17-6-4-5-7-20(17)21(26)14-23(29)30-15-22(28)24-18-8-10-19(11-9-18)25(2)3/h4-13,21H,14-15H2,1-3H3,(H,24,28)/t21-/m0/s1. The quantitative estimate of drug-likeness (QED) is 0.744. The highest BCUT2D eigenvalue weighted by Gasteiger charge is 2.28. The van der Waals surface area contributed by atoms with Gasteiger partial charge in [0.2, 0.25) is 5.91 Å². The van der Waals surface area contributed by atoms with E-state index in [9.17, 15) is 14.4 Å². The zero-order valence-electron chi connectivity index (χ0n) is 17.3. The van der Waals surface area contributed by atoms with Gasteiger partial charge in [-0.25, -0.2) is 0 Å². The van der Waals surface area contributed by atoms with Crippen LogP contribution in [0.4, 0.5) is 11.4 Å². The molecule has 156 valence electrons. The summed E-state index contributed by atoms with van der Waals surface area (Å²) >= 11 is 0. The van der Waals surface area contributed by atoms with Crippen LogP contribution in [0.15, 0.2) is 54.7 Å². The molecular weight excluding hydrogens is 382 g/mol. The number of carbonyl (C=O) groups is 3. The fourth-order valence-electron chi connectivity index (χ4n) is 3.32. The van der Waals surface area contributed by atoms with Gasteiger partial charge in [-0.05, 0) is 41.5 Å². The number of amides is 2. The number of nitrogens with one attached hydrogen (secondary N) is 1. The summed E-state index contributed by atoms with van der Waals surface area (Å²) in [6.45, 7) is 1.06. The van der Waals surface area contributed by atoms with Crippen LogP contribution in [0.2, 0.25) is 0 Å². The molecule has 2 aromatic rings. The van der Waals surface area contributed by atoms with E-state index in [0.717, 1.165) is 16.8 Å². The Balaban J connectivity index is 1.57. The van der Waals surface area contributed by atoms with E-state index in [1.165, 1.54) is 11.8 Å². The molecule has 1 atom stereocenters. The zero-order valence-corrected chi connectivity index (χ0v) is 17.3. The minimum absolute atomic E-state index is 0.0360. The first-order valence-corrected chi connectivity index (χ1v) is 9.64. The fraction of sp³-hybridized carbons (Fsp3) is 0.261. The first-order valence-electron chi connectivity index (χ1n) is 9.64. The molecule has 3 rings (SSSR count). The number of anilines is 2. The number of hydrogen-bond acceptors (Lipinski definition) is 5. The maximum Gasteiger partial charge on any atom is 0.308 e. The number of ether oxygens (including phenoxy) is 1. The molecule has 7 heteroatoms. The van der Waals surface area contributed by atoms with Crippen LogP contribution in [0.3, 0.4) is 0 Å². The third-order valence-electron chi connectivity index (χ3n) is 4.86. The van der Waals surface area contributed by atoms with Crippen LogP contribution in [0.1, 0.15) is 30.5 Å². The average Bonchev–Trinajstić information content (AvgIpc) is 2.72. The summed E-state index contributed by atoms with van der Waals surface area (Å²) in [5.41, 5.74) is 3.45. The normalized spacial score (nSPS) is 14.6. The minimum atomic E-state index is -0.547. The van der Waals surface area contributed by atoms with Gasteiger partial charge in [0.1, 0.15) is 0 Å². The molecule has 0 saturated heterocycles. The van der Waals surface area contributed by atoms with Gasteiger partial charge >= 0.3 is 5.97 Å². The van der Waals surface area contributed by atoms with Crippen molar-refractivity contribution < 1.29 is 19.1 Å². The van der Waals surface area contributed by atoms with E-state index in [1.807, 2.05) is 61.5 Å². The first kappa shape index (κ1) is 21.1. The molecular formula is C23H25N3O4. The van der Waals surface area contributed by atoms with Crippen molar-refractivity contribution in [3.05, 3.63) is 65.9 Å². The number of fused-ring (bicyclic) bond motifs is 1. The number of nitrogens with zero attached hydrogens (tertiary/aromatic N) is 2. The van der Waals surface area contributed by atoms with Crippen molar-refractivity contribution in [2.75, 3.05) is 30.9 Å². The Morgan fingerprint density at radius 1 is 1.07 bits per heavy atom. The SMILES string of the molecule is CC(=O)N1C=Cc2ccccc2[C@@H]1CC(=O)OCC(=O)Nc1ccc(N(C)C)cc1. The third-order valence-corrected chi connectivity index (χ3v) is 4.86. The van der Waals surface area contributed by atoms with E-state index >= 15 is 0 Å². The molecule has 0 bridgehead atoms. The lowest BCUT2D eigenvalue weighted by Gasteiger charge is -2.32. The van der Waals surface area contributed by atoms with E-state index in [2.05, 4.69) is 5.32 Å². The van der Waals surface area contributed by atoms with Crippen LogP contribution in [-0.2, 0) is 19.1 Å². The minimum Gasteiger partial charge on any atom is -0.455 e. The van der Waals surface area contributed by atoms with Gasteiger partial charge in [-0.2, -0.15) is 0 Å². The molecule has 0 radical (unpaired) electrons. The van der Waals surface area contributed by atoms with Crippen LogP contribution in [0, 0.1) is 0 Å². The number of esters is 1. The molecule has 1 N–H and O–H groups in total. The predicted molar refractivity (Wildman–Crippen MR) is 116 cm³/mol. The Morgan fingerprint density at radius 2 is 1.77 bits per heavy atom. The van der Waals surface area contributed by atoms with Gasteiger partial charge in [-0.3, -0.25) is 14.4 Å². The largest absolute Gasteiger partial charge is 0.455 e. The Morgan fingerprint density at radius 3 is 2.43 bits per heavy atom. The predicted octanol–water partition coefficient (Wildman–Crippen LogP) is 3.20. The zero-order chi connectivity index (χ0) is 21.7. The molecule has 2 aromatic carbocycles. The van der Waals surface area contributed by atoms with Crippen LogP contribution < -0.4 is 10.2 Å². The van der Waals surface area contributed by atoms with Crippen LogP contribution in [0.25, 0.3) is 6.08 Å². The summed E-state index contributed by atoms with van der Waals surface area (Å²) in [4.78, 5) is 40.0. The number of rotatable bonds is 6. The van der Waals surface area contributed by atoms with Crippen molar-refractivity contribution in [2.24, 2.45) is 0 Å². The molecule has 0 aromatic heterocycles. The Hall–Kier alpha value is -3.61. The summed E-state index contributed by atoms with van der Waals surface area (Å²) in [6, 6.07) is 14.4. The van der Waals surface area contributed by atoms with Gasteiger partial charge in [0, 0.05) is 38.6 Å². The van der Waals surface area contributed by atoms with Crippen molar-refractivity contribution in [1.29, 1.82) is 0 Å². The van der Waals surface area contributed by atoms with Gasteiger partial charge in [0.05, 0.1) is 12.5 Å². The van der Waals surface area contributed by atoms with Crippen molar-refractivity contribution >= 4 is 35.2 Å². The summed E-state index contributed by atoms with van der Waals surface area (Å²) in [7, 11) is 3.86. The third kappa shape index (κ3) is 5.05. The number of carbonyl (C=O) groups excluding carboxylic acids is 3. The fourth-order valence-corrected chi connectivity index (χ4v) is 3.32. The monoisotopic (exact) mass is 407 g/mol. The number of hydrogen-bond donors (Lipinski definition) is 1. The second-order valence-electron chi connectivity index (χ2n) is 7.24. The lowest BCUT2D eigenvalue weighted by Crippen LogP contribution is -2.33. The molecule has 0 unspecified atom stereocenters. The Labute approximate surface area is 175 Å². The van der Waals surface area contributed by atoms with Gasteiger partial charge in [-0.15, -0.1) is 0 Å². The van der Waals surface area contributed by atoms with E-state index in [4.69, 9.17) is 4.74 Å². The van der Waals surface area contributed by atoms with Gasteiger partial charge in [-0.1, -0.05) is 24.3 Å². The van der Waals surface area contributed by atoms with E-state index < -0.39 is 24.5 Å². The van der Waals surface area contributed by atoms with Crippen molar-refractivity contribution in [3.8, 4) is 0 Å². The topological polar surface area (TPSA) is 78.9 Å². The lowest BCUT2D eigenvalue weighted by atomic mass is 9.94. The lowest BCUT2D eigenvalue weighted by molar-refractivity contribution is -0.149. The summed E-state index contributed by atoms with van der Waals surface area (Å²) in [5, 5.41) is 2.70. The highest BCUT2D eigenvalue weighted by molar-refractivity contribution is 5.93. The molecule has 7 nitrogen and oxygen atoms in total. The Bertz CT molecular complexity index is 967. The highest BCUT2D eigenvalue weighted by atomic mass is 16.5. The van der Waals surface area contributed by atoms with Gasteiger partial charge in [0.15, 0.2) is 6.61 Å². The van der Waals surface area contributed by atoms with E-state index in [0.29, 0.717) is 5.69 Å². The first-order chi connectivity index (χ1) is 14.3. The van der Waals surface area contributed by atoms with Crippen LogP contribution in [-0.4, -0.2) is 43.4 Å². The average molecular weight is 407 g/mol. The summed E-state index contributed by atoms with van der Waals surface area (Å²) in [5.74, 6) is -1.14. The Kier molecular flexibility index (Phi) is 6.51. The van der Waals surface area contributed by atoms with Crippen molar-refractivity contribution in [2.45, 2.75) is 19.4 Å². The van der Waals surface area contributed by atoms with Crippen molar-refractivity contribution in [3.63, 3.8) is 0 Å². The smallest absolute Gasteiger partial charge is 0.308 e. The van der Waals surface area contributed by atoms with E-state index in [-0.39, 0.29) is 12.3 Å². The molecule has 0 spiro atoms. The molecule has 1 heterocycles. The second-order valence-corrected chi connectivity index (χ2v) is 7.24. The maximum absolute atomic E-state index is 12.4. The molecule has 0 aliphatic carbocycles. The van der Waals surface area contributed by atoms with Crippen LogP contribution >= 0.6 is 0 Å². The summed E-state index contributed by atoms with van der Waals surface area (Å²) < 4.78 is 5.16. The van der Waals surface area contributed by atoms with Crippen molar-refractivity contribution in [1.82, 2.24) is 4.90 Å². The molecule has 1 aliphatic rings. The molecule has 1 aliphatic heterocycles. The van der Waals surface area contributed by atoms with Gasteiger partial charge < -0.3 is 19.9 Å². The van der Waals surface area contributed by atoms with Crippen LogP contribution in [0.5, 0.6) is 0 Å². The maximum atomic E-state index is 12.4. The molecule has 0 fully saturated rings. The summed E-state index contributed by atoms with van der Waals surface area (Å²) in [6.07, 6.45) is 3.48. The molecule has 0 saturated carbocycles. The highest BCUT2D eigenvalue weighted by Crippen LogP contribution is 2.33. The second kappa shape index (κ2) is 9.26.